The number of benzene rings is 2. The van der Waals surface area contributed by atoms with Crippen molar-refractivity contribution in [1.82, 2.24) is 5.32 Å². The van der Waals surface area contributed by atoms with E-state index in [1.54, 1.807) is 42.5 Å². The zero-order valence-electron chi connectivity index (χ0n) is 12.2. The summed E-state index contributed by atoms with van der Waals surface area (Å²) in [6.45, 7) is 4.30. The Morgan fingerprint density at radius 1 is 0.952 bits per heavy atom. The van der Waals surface area contributed by atoms with Crippen molar-refractivity contribution in [3.8, 4) is 0 Å². The molecule has 1 amide bonds. The first-order valence-corrected chi connectivity index (χ1v) is 6.82. The van der Waals surface area contributed by atoms with Gasteiger partial charge in [-0.2, -0.15) is 0 Å². The van der Waals surface area contributed by atoms with Crippen LogP contribution in [0.15, 0.2) is 54.6 Å². The maximum atomic E-state index is 11.8. The molecule has 0 aliphatic carbocycles. The van der Waals surface area contributed by atoms with E-state index in [9.17, 15) is 9.59 Å². The molecule has 0 spiro atoms. The predicted molar refractivity (Wildman–Crippen MR) is 82.4 cm³/mol. The van der Waals surface area contributed by atoms with Crippen molar-refractivity contribution in [2.45, 2.75) is 20.4 Å². The van der Waals surface area contributed by atoms with Crippen molar-refractivity contribution in [1.29, 1.82) is 0 Å². The Balaban J connectivity index is 0.00000106. The molecule has 0 heterocycles. The highest BCUT2D eigenvalue weighted by molar-refractivity contribution is 5.94. The van der Waals surface area contributed by atoms with Crippen LogP contribution in [0.3, 0.4) is 0 Å². The lowest BCUT2D eigenvalue weighted by molar-refractivity contribution is 0.0696. The van der Waals surface area contributed by atoms with E-state index in [4.69, 9.17) is 5.11 Å². The molecule has 2 aromatic carbocycles. The quantitative estimate of drug-likeness (QED) is 0.905. The van der Waals surface area contributed by atoms with Crippen molar-refractivity contribution in [3.63, 3.8) is 0 Å². The SMILES string of the molecule is CC.O=C(O)c1cccc(CNC(=O)c2ccccc2)c1. The second-order valence-corrected chi connectivity index (χ2v) is 4.05. The van der Waals surface area contributed by atoms with Gasteiger partial charge >= 0.3 is 5.97 Å². The van der Waals surface area contributed by atoms with Crippen LogP contribution in [0.25, 0.3) is 0 Å². The molecular weight excluding hydrogens is 266 g/mol. The van der Waals surface area contributed by atoms with Crippen LogP contribution in [-0.2, 0) is 6.54 Å². The molecule has 2 rings (SSSR count). The predicted octanol–water partition coefficient (Wildman–Crippen LogP) is 3.34. The van der Waals surface area contributed by atoms with Gasteiger partial charge in [-0.05, 0) is 29.8 Å². The van der Waals surface area contributed by atoms with E-state index in [0.717, 1.165) is 5.56 Å². The number of hydrogen-bond donors (Lipinski definition) is 2. The molecule has 2 aromatic rings. The van der Waals surface area contributed by atoms with Gasteiger partial charge in [-0.3, -0.25) is 4.79 Å². The summed E-state index contributed by atoms with van der Waals surface area (Å²) in [5.41, 5.74) is 1.55. The van der Waals surface area contributed by atoms with E-state index in [0.29, 0.717) is 12.1 Å². The minimum Gasteiger partial charge on any atom is -0.478 e. The summed E-state index contributed by atoms with van der Waals surface area (Å²) in [5.74, 6) is -1.16. The highest BCUT2D eigenvalue weighted by Gasteiger charge is 2.06. The third kappa shape index (κ3) is 5.10. The molecule has 0 aliphatic heterocycles. The fourth-order valence-electron chi connectivity index (χ4n) is 1.69. The van der Waals surface area contributed by atoms with Gasteiger partial charge in [-0.25, -0.2) is 4.79 Å². The maximum absolute atomic E-state index is 11.8. The number of hydrogen-bond acceptors (Lipinski definition) is 2. The van der Waals surface area contributed by atoms with Gasteiger partial charge in [-0.1, -0.05) is 44.2 Å². The average molecular weight is 285 g/mol. The number of carbonyl (C=O) groups is 2. The van der Waals surface area contributed by atoms with Crippen molar-refractivity contribution >= 4 is 11.9 Å². The Morgan fingerprint density at radius 2 is 1.57 bits per heavy atom. The summed E-state index contributed by atoms with van der Waals surface area (Å²) >= 11 is 0. The molecule has 0 radical (unpaired) electrons. The summed E-state index contributed by atoms with van der Waals surface area (Å²) in [5, 5.41) is 11.6. The zero-order valence-corrected chi connectivity index (χ0v) is 12.2. The second-order valence-electron chi connectivity index (χ2n) is 4.05. The highest BCUT2D eigenvalue weighted by Crippen LogP contribution is 2.06. The molecule has 21 heavy (non-hydrogen) atoms. The minimum absolute atomic E-state index is 0.179. The van der Waals surface area contributed by atoms with Crippen LogP contribution in [0.2, 0.25) is 0 Å². The first kappa shape index (κ1) is 16.4. The first-order chi connectivity index (χ1) is 10.2. The summed E-state index contributed by atoms with van der Waals surface area (Å²) < 4.78 is 0. The molecular formula is C17H19NO3. The zero-order chi connectivity index (χ0) is 15.7. The van der Waals surface area contributed by atoms with E-state index in [-0.39, 0.29) is 11.5 Å². The van der Waals surface area contributed by atoms with Gasteiger partial charge < -0.3 is 10.4 Å². The molecule has 2 N–H and O–H groups in total. The Morgan fingerprint density at radius 3 is 2.19 bits per heavy atom. The van der Waals surface area contributed by atoms with Crippen molar-refractivity contribution in [2.75, 3.05) is 0 Å². The second kappa shape index (κ2) is 8.53. The fourth-order valence-corrected chi connectivity index (χ4v) is 1.69. The first-order valence-electron chi connectivity index (χ1n) is 6.82. The van der Waals surface area contributed by atoms with E-state index < -0.39 is 5.97 Å². The summed E-state index contributed by atoms with van der Waals surface area (Å²) in [7, 11) is 0. The Bertz CT molecular complexity index is 594. The van der Waals surface area contributed by atoms with Crippen molar-refractivity contribution in [2.24, 2.45) is 0 Å². The van der Waals surface area contributed by atoms with Crippen molar-refractivity contribution in [3.05, 3.63) is 71.3 Å². The number of carboxylic acids is 1. The van der Waals surface area contributed by atoms with Crippen LogP contribution in [0.1, 0.15) is 40.1 Å². The number of amides is 1. The maximum Gasteiger partial charge on any atom is 0.335 e. The molecule has 0 atom stereocenters. The molecule has 0 unspecified atom stereocenters. The molecule has 110 valence electrons. The Hall–Kier alpha value is -2.62. The lowest BCUT2D eigenvalue weighted by Crippen LogP contribution is -2.22. The number of rotatable bonds is 4. The molecule has 4 nitrogen and oxygen atoms in total. The number of carboxylic acid groups (broad SMARTS) is 1. The van der Waals surface area contributed by atoms with Crippen LogP contribution in [0.5, 0.6) is 0 Å². The number of aromatic carboxylic acids is 1. The van der Waals surface area contributed by atoms with Gasteiger partial charge in [0.1, 0.15) is 0 Å². The topological polar surface area (TPSA) is 66.4 Å². The van der Waals surface area contributed by atoms with E-state index in [2.05, 4.69) is 5.32 Å². The van der Waals surface area contributed by atoms with Gasteiger partial charge in [0.25, 0.3) is 5.91 Å². The Labute approximate surface area is 124 Å². The van der Waals surface area contributed by atoms with Crippen LogP contribution >= 0.6 is 0 Å². The van der Waals surface area contributed by atoms with Gasteiger partial charge in [0.05, 0.1) is 5.56 Å². The molecule has 0 saturated carbocycles. The highest BCUT2D eigenvalue weighted by atomic mass is 16.4. The van der Waals surface area contributed by atoms with E-state index >= 15 is 0 Å². The summed E-state index contributed by atoms with van der Waals surface area (Å²) in [6, 6.07) is 15.4. The van der Waals surface area contributed by atoms with Crippen LogP contribution in [0.4, 0.5) is 0 Å². The normalized spacial score (nSPS) is 9.24. The van der Waals surface area contributed by atoms with Gasteiger partial charge in [0, 0.05) is 12.1 Å². The Kier molecular flexibility index (Phi) is 6.68. The average Bonchev–Trinajstić information content (AvgIpc) is 2.55. The third-order valence-electron chi connectivity index (χ3n) is 2.66. The van der Waals surface area contributed by atoms with Gasteiger partial charge in [-0.15, -0.1) is 0 Å². The largest absolute Gasteiger partial charge is 0.478 e. The lowest BCUT2D eigenvalue weighted by atomic mass is 10.1. The number of nitrogens with one attached hydrogen (secondary N) is 1. The molecule has 0 fully saturated rings. The molecule has 4 heteroatoms. The van der Waals surface area contributed by atoms with Crippen LogP contribution in [-0.4, -0.2) is 17.0 Å². The van der Waals surface area contributed by atoms with Crippen LogP contribution in [0, 0.1) is 0 Å². The molecule has 0 aliphatic rings. The molecule has 0 saturated heterocycles. The lowest BCUT2D eigenvalue weighted by Gasteiger charge is -2.06. The third-order valence-corrected chi connectivity index (χ3v) is 2.66. The molecule has 0 bridgehead atoms. The molecule has 0 aromatic heterocycles. The van der Waals surface area contributed by atoms with E-state index in [1.165, 1.54) is 6.07 Å². The standard InChI is InChI=1S/C15H13NO3.C2H6/c17-14(12-6-2-1-3-7-12)16-10-11-5-4-8-13(9-11)15(18)19;1-2/h1-9H,10H2,(H,16,17)(H,18,19);1-2H3. The minimum atomic E-state index is -0.976. The smallest absolute Gasteiger partial charge is 0.335 e. The van der Waals surface area contributed by atoms with Gasteiger partial charge in [0.2, 0.25) is 0 Å². The fraction of sp³-hybridized carbons (Fsp3) is 0.176. The summed E-state index contributed by atoms with van der Waals surface area (Å²) in [6.07, 6.45) is 0. The van der Waals surface area contributed by atoms with Crippen molar-refractivity contribution < 1.29 is 14.7 Å². The van der Waals surface area contributed by atoms with Gasteiger partial charge in [0.15, 0.2) is 0 Å². The monoisotopic (exact) mass is 285 g/mol. The number of carbonyl (C=O) groups excluding carboxylic acids is 1. The van der Waals surface area contributed by atoms with E-state index in [1.807, 2.05) is 19.9 Å². The van der Waals surface area contributed by atoms with Crippen LogP contribution < -0.4 is 5.32 Å². The summed E-state index contributed by atoms with van der Waals surface area (Å²) in [4.78, 5) is 22.6.